The molecule has 1 amide bonds. The topological polar surface area (TPSA) is 75.3 Å². The predicted molar refractivity (Wildman–Crippen MR) is 121 cm³/mol. The first-order valence-electron chi connectivity index (χ1n) is 9.82. The van der Waals surface area contributed by atoms with Gasteiger partial charge < -0.3 is 10.6 Å². The summed E-state index contributed by atoms with van der Waals surface area (Å²) < 4.78 is 0. The minimum absolute atomic E-state index is 0.0328. The maximum absolute atomic E-state index is 12.8. The maximum Gasteiger partial charge on any atom is 0.251 e. The quantitative estimate of drug-likeness (QED) is 0.599. The molecular weight excluding hydrogens is 412 g/mol. The van der Waals surface area contributed by atoms with Crippen LogP contribution in [0.5, 0.6) is 0 Å². The maximum atomic E-state index is 12.8. The number of ketones is 2. The molecular formula is C25H19ClN2O3. The third-order valence-electron chi connectivity index (χ3n) is 5.02. The fraction of sp³-hybridized carbons (Fsp3) is 0.0800. The summed E-state index contributed by atoms with van der Waals surface area (Å²) in [7, 11) is 0. The Morgan fingerprint density at radius 2 is 1.39 bits per heavy atom. The van der Waals surface area contributed by atoms with Crippen LogP contribution in [0.1, 0.15) is 36.6 Å². The van der Waals surface area contributed by atoms with E-state index in [9.17, 15) is 14.4 Å². The lowest BCUT2D eigenvalue weighted by Gasteiger charge is -2.19. The molecule has 0 radical (unpaired) electrons. The minimum Gasteiger partial charge on any atom is -0.352 e. The second kappa shape index (κ2) is 8.98. The van der Waals surface area contributed by atoms with Gasteiger partial charge in [0.15, 0.2) is 0 Å². The Morgan fingerprint density at radius 1 is 0.774 bits per heavy atom. The molecule has 3 aromatic carbocycles. The Morgan fingerprint density at radius 3 is 2.06 bits per heavy atom. The zero-order chi connectivity index (χ0) is 21.8. The molecule has 154 valence electrons. The highest BCUT2D eigenvalue weighted by atomic mass is 35.5. The van der Waals surface area contributed by atoms with Gasteiger partial charge in [-0.25, -0.2) is 0 Å². The van der Waals surface area contributed by atoms with E-state index in [0.717, 1.165) is 12.0 Å². The number of fused-ring (bicyclic) bond motifs is 1. The second-order valence-corrected chi connectivity index (χ2v) is 7.46. The Labute approximate surface area is 184 Å². The van der Waals surface area contributed by atoms with Crippen LogP contribution in [-0.4, -0.2) is 24.0 Å². The first kappa shape index (κ1) is 20.6. The van der Waals surface area contributed by atoms with Crippen LogP contribution in [0.15, 0.2) is 89.6 Å². The highest BCUT2D eigenvalue weighted by molar-refractivity contribution is 6.50. The summed E-state index contributed by atoms with van der Waals surface area (Å²) in [5.41, 5.74) is 2.84. The summed E-state index contributed by atoms with van der Waals surface area (Å²) in [6, 6.07) is 23.1. The summed E-state index contributed by atoms with van der Waals surface area (Å²) >= 11 is 6.18. The molecule has 0 bridgehead atoms. The van der Waals surface area contributed by atoms with Gasteiger partial charge in [-0.2, -0.15) is 0 Å². The molecule has 0 aromatic heterocycles. The van der Waals surface area contributed by atoms with Crippen molar-refractivity contribution in [3.8, 4) is 0 Å². The monoisotopic (exact) mass is 430 g/mol. The molecule has 4 rings (SSSR count). The average molecular weight is 431 g/mol. The van der Waals surface area contributed by atoms with E-state index in [1.54, 1.807) is 48.5 Å². The van der Waals surface area contributed by atoms with Crippen molar-refractivity contribution in [3.05, 3.63) is 112 Å². The summed E-state index contributed by atoms with van der Waals surface area (Å²) in [5, 5.41) is 5.67. The lowest BCUT2D eigenvalue weighted by atomic mass is 9.92. The molecule has 0 saturated carbocycles. The number of benzene rings is 3. The predicted octanol–water partition coefficient (Wildman–Crippen LogP) is 4.60. The number of nitrogens with one attached hydrogen (secondary N) is 2. The number of anilines is 1. The molecule has 0 fully saturated rings. The molecule has 0 saturated heterocycles. The zero-order valence-corrected chi connectivity index (χ0v) is 17.3. The molecule has 1 aliphatic carbocycles. The van der Waals surface area contributed by atoms with E-state index in [1.165, 1.54) is 0 Å². The van der Waals surface area contributed by atoms with E-state index in [0.29, 0.717) is 28.9 Å². The van der Waals surface area contributed by atoms with E-state index >= 15 is 0 Å². The molecule has 3 aromatic rings. The smallest absolute Gasteiger partial charge is 0.251 e. The van der Waals surface area contributed by atoms with Gasteiger partial charge in [0.1, 0.15) is 10.7 Å². The second-order valence-electron chi connectivity index (χ2n) is 7.09. The number of allylic oxidation sites excluding steroid dienone is 2. The number of halogens is 1. The van der Waals surface area contributed by atoms with Gasteiger partial charge in [0, 0.05) is 28.9 Å². The van der Waals surface area contributed by atoms with E-state index in [-0.39, 0.29) is 22.4 Å². The molecule has 0 heterocycles. The van der Waals surface area contributed by atoms with Crippen molar-refractivity contribution in [2.45, 2.75) is 6.42 Å². The third-order valence-corrected chi connectivity index (χ3v) is 5.38. The van der Waals surface area contributed by atoms with Crippen molar-refractivity contribution in [1.82, 2.24) is 5.32 Å². The SMILES string of the molecule is O=C(NCCc1ccccc1)c1ccc(NC2=C(Cl)C(=O)c3ccccc3C2=O)cc1. The fourth-order valence-electron chi connectivity index (χ4n) is 3.37. The van der Waals surface area contributed by atoms with E-state index in [1.807, 2.05) is 30.3 Å². The Bertz CT molecular complexity index is 1180. The summed E-state index contributed by atoms with van der Waals surface area (Å²) in [6.45, 7) is 0.529. The average Bonchev–Trinajstić information content (AvgIpc) is 2.81. The number of hydrogen-bond acceptors (Lipinski definition) is 4. The Balaban J connectivity index is 1.41. The van der Waals surface area contributed by atoms with Crippen LogP contribution in [0.4, 0.5) is 5.69 Å². The molecule has 6 heteroatoms. The normalized spacial score (nSPS) is 13.1. The first-order chi connectivity index (χ1) is 15.0. The lowest BCUT2D eigenvalue weighted by Crippen LogP contribution is -2.26. The largest absolute Gasteiger partial charge is 0.352 e. The fourth-order valence-corrected chi connectivity index (χ4v) is 3.61. The van der Waals surface area contributed by atoms with E-state index in [4.69, 9.17) is 11.6 Å². The number of rotatable bonds is 6. The van der Waals surface area contributed by atoms with Crippen molar-refractivity contribution in [3.63, 3.8) is 0 Å². The number of Topliss-reactive ketones (excluding diaryl/α,β-unsaturated/α-hetero) is 2. The van der Waals surface area contributed by atoms with Crippen LogP contribution in [0.2, 0.25) is 0 Å². The Kier molecular flexibility index (Phi) is 5.96. The molecule has 0 atom stereocenters. The molecule has 1 aliphatic rings. The Hall–Kier alpha value is -3.70. The van der Waals surface area contributed by atoms with E-state index in [2.05, 4.69) is 10.6 Å². The van der Waals surface area contributed by atoms with Crippen molar-refractivity contribution in [2.24, 2.45) is 0 Å². The van der Waals surface area contributed by atoms with Gasteiger partial charge in [0.2, 0.25) is 11.6 Å². The van der Waals surface area contributed by atoms with Crippen molar-refractivity contribution >= 4 is 34.8 Å². The van der Waals surface area contributed by atoms with Crippen LogP contribution in [0.3, 0.4) is 0 Å². The number of hydrogen-bond donors (Lipinski definition) is 2. The van der Waals surface area contributed by atoms with Gasteiger partial charge in [-0.1, -0.05) is 66.2 Å². The molecule has 31 heavy (non-hydrogen) atoms. The van der Waals surface area contributed by atoms with Crippen LogP contribution >= 0.6 is 11.6 Å². The van der Waals surface area contributed by atoms with Crippen LogP contribution in [0.25, 0.3) is 0 Å². The van der Waals surface area contributed by atoms with Gasteiger partial charge in [-0.05, 0) is 36.2 Å². The van der Waals surface area contributed by atoms with Gasteiger partial charge in [-0.15, -0.1) is 0 Å². The number of amides is 1. The van der Waals surface area contributed by atoms with Crippen molar-refractivity contribution in [2.75, 3.05) is 11.9 Å². The standard InChI is InChI=1S/C25H19ClN2O3/c26-21-22(24(30)20-9-5-4-8-19(20)23(21)29)28-18-12-10-17(11-13-18)25(31)27-15-14-16-6-2-1-3-7-16/h1-13,28H,14-15H2,(H,27,31). The number of carbonyl (C=O) groups excluding carboxylic acids is 3. The molecule has 5 nitrogen and oxygen atoms in total. The lowest BCUT2D eigenvalue weighted by molar-refractivity contribution is 0.0953. The summed E-state index contributed by atoms with van der Waals surface area (Å²) in [6.07, 6.45) is 0.747. The highest BCUT2D eigenvalue weighted by Crippen LogP contribution is 2.29. The first-order valence-corrected chi connectivity index (χ1v) is 10.2. The molecule has 0 aliphatic heterocycles. The van der Waals surface area contributed by atoms with Gasteiger partial charge >= 0.3 is 0 Å². The summed E-state index contributed by atoms with van der Waals surface area (Å²) in [5.74, 6) is -0.922. The number of carbonyl (C=O) groups is 3. The molecule has 0 unspecified atom stereocenters. The zero-order valence-electron chi connectivity index (χ0n) is 16.5. The van der Waals surface area contributed by atoms with E-state index < -0.39 is 5.78 Å². The summed E-state index contributed by atoms with van der Waals surface area (Å²) in [4.78, 5) is 37.6. The van der Waals surface area contributed by atoms with Crippen LogP contribution in [0, 0.1) is 0 Å². The molecule has 0 spiro atoms. The minimum atomic E-state index is -0.395. The molecule has 2 N–H and O–H groups in total. The third kappa shape index (κ3) is 4.42. The van der Waals surface area contributed by atoms with Crippen molar-refractivity contribution < 1.29 is 14.4 Å². The van der Waals surface area contributed by atoms with Crippen molar-refractivity contribution in [1.29, 1.82) is 0 Å². The van der Waals surface area contributed by atoms with Crippen LogP contribution < -0.4 is 10.6 Å². The van der Waals surface area contributed by atoms with Gasteiger partial charge in [-0.3, -0.25) is 14.4 Å². The van der Waals surface area contributed by atoms with Gasteiger partial charge in [0.05, 0.1) is 0 Å². The van der Waals surface area contributed by atoms with Crippen LogP contribution in [-0.2, 0) is 6.42 Å². The van der Waals surface area contributed by atoms with Gasteiger partial charge in [0.25, 0.3) is 5.91 Å². The highest BCUT2D eigenvalue weighted by Gasteiger charge is 2.31.